The van der Waals surface area contributed by atoms with E-state index >= 15 is 0 Å². The van der Waals surface area contributed by atoms with Crippen molar-refractivity contribution >= 4 is 38.3 Å². The van der Waals surface area contributed by atoms with E-state index in [1.165, 1.54) is 12.1 Å². The fourth-order valence-electron chi connectivity index (χ4n) is 1.12. The average molecular weight is 248 g/mol. The van der Waals surface area contributed by atoms with Gasteiger partial charge in [0.05, 0.1) is 17.0 Å². The van der Waals surface area contributed by atoms with Crippen LogP contribution in [0.3, 0.4) is 0 Å². The number of benzene rings is 1. The van der Waals surface area contributed by atoms with Gasteiger partial charge in [0, 0.05) is 0 Å². The predicted molar refractivity (Wildman–Crippen MR) is 55.3 cm³/mol. The fraction of sp³-hybridized carbons (Fsp3) is 0.143. The van der Waals surface area contributed by atoms with Crippen molar-refractivity contribution in [2.24, 2.45) is 0 Å². The molecule has 0 bridgehead atoms. The molecule has 0 saturated heterocycles. The van der Waals surface area contributed by atoms with Gasteiger partial charge < -0.3 is 0 Å². The Kier molecular flexibility index (Phi) is 2.28. The molecule has 1 N–H and O–H groups in total. The molecule has 15 heavy (non-hydrogen) atoms. The molecule has 0 aliphatic rings. The Morgan fingerprint density at radius 2 is 2.00 bits per heavy atom. The standard InChI is InChI=1S/C7H6ClN3O3S/c1-15(12,13)11-5-3-2-4(8)6-7(5)10-14-9-6/h2-3,11H,1H3. The van der Waals surface area contributed by atoms with Crippen LogP contribution in [0.15, 0.2) is 16.8 Å². The zero-order chi connectivity index (χ0) is 11.1. The number of aromatic nitrogens is 2. The lowest BCUT2D eigenvalue weighted by Gasteiger charge is -2.03. The number of nitrogens with zero attached hydrogens (tertiary/aromatic N) is 2. The summed E-state index contributed by atoms with van der Waals surface area (Å²) in [4.78, 5) is 0. The second kappa shape index (κ2) is 3.35. The molecular formula is C7H6ClN3O3S. The number of nitrogens with one attached hydrogen (secondary N) is 1. The second-order valence-corrected chi connectivity index (χ2v) is 5.09. The van der Waals surface area contributed by atoms with Crippen LogP contribution in [0.4, 0.5) is 5.69 Å². The van der Waals surface area contributed by atoms with E-state index in [9.17, 15) is 8.42 Å². The summed E-state index contributed by atoms with van der Waals surface area (Å²) in [5.41, 5.74) is 0.899. The van der Waals surface area contributed by atoms with E-state index in [0.717, 1.165) is 6.26 Å². The molecule has 1 aromatic carbocycles. The highest BCUT2D eigenvalue weighted by Crippen LogP contribution is 2.27. The second-order valence-electron chi connectivity index (χ2n) is 2.93. The van der Waals surface area contributed by atoms with Crippen LogP contribution >= 0.6 is 11.6 Å². The number of fused-ring (bicyclic) bond motifs is 1. The normalized spacial score (nSPS) is 11.9. The average Bonchev–Trinajstić information content (AvgIpc) is 2.57. The molecule has 0 radical (unpaired) electrons. The third-order valence-corrected chi connectivity index (χ3v) is 2.56. The van der Waals surface area contributed by atoms with Crippen molar-refractivity contribution in [3.63, 3.8) is 0 Å². The SMILES string of the molecule is CS(=O)(=O)Nc1ccc(Cl)c2nonc12. The number of halogens is 1. The molecule has 0 amide bonds. The first-order chi connectivity index (χ1) is 6.97. The summed E-state index contributed by atoms with van der Waals surface area (Å²) in [6, 6.07) is 3.01. The van der Waals surface area contributed by atoms with Crippen LogP contribution in [0.2, 0.25) is 5.02 Å². The van der Waals surface area contributed by atoms with Gasteiger partial charge in [-0.25, -0.2) is 13.0 Å². The molecule has 80 valence electrons. The maximum Gasteiger partial charge on any atom is 0.229 e. The van der Waals surface area contributed by atoms with Gasteiger partial charge >= 0.3 is 0 Å². The summed E-state index contributed by atoms with van der Waals surface area (Å²) in [6.07, 6.45) is 1.04. The third kappa shape index (κ3) is 2.02. The van der Waals surface area contributed by atoms with E-state index in [1.54, 1.807) is 0 Å². The summed E-state index contributed by atoms with van der Waals surface area (Å²) in [5, 5.41) is 7.47. The van der Waals surface area contributed by atoms with Crippen LogP contribution in [0.1, 0.15) is 0 Å². The number of hydrogen-bond acceptors (Lipinski definition) is 5. The summed E-state index contributed by atoms with van der Waals surface area (Å²) in [7, 11) is -3.36. The van der Waals surface area contributed by atoms with Crippen LogP contribution in [0.5, 0.6) is 0 Å². The van der Waals surface area contributed by atoms with E-state index in [2.05, 4.69) is 19.7 Å². The molecule has 1 aromatic heterocycles. The summed E-state index contributed by atoms with van der Waals surface area (Å²) in [5.74, 6) is 0. The zero-order valence-electron chi connectivity index (χ0n) is 7.56. The Labute approximate surface area is 90.2 Å². The molecule has 0 spiro atoms. The van der Waals surface area contributed by atoms with Crippen LogP contribution in [-0.4, -0.2) is 25.0 Å². The molecule has 0 atom stereocenters. The first-order valence-corrected chi connectivity index (χ1v) is 6.13. The van der Waals surface area contributed by atoms with Gasteiger partial charge in [-0.3, -0.25) is 4.72 Å². The third-order valence-electron chi connectivity index (χ3n) is 1.66. The molecule has 2 aromatic rings. The van der Waals surface area contributed by atoms with E-state index < -0.39 is 10.0 Å². The van der Waals surface area contributed by atoms with Gasteiger partial charge in [-0.2, -0.15) is 0 Å². The number of anilines is 1. The highest BCUT2D eigenvalue weighted by molar-refractivity contribution is 7.92. The molecule has 8 heteroatoms. The highest BCUT2D eigenvalue weighted by atomic mass is 35.5. The number of hydrogen-bond donors (Lipinski definition) is 1. The molecule has 0 aliphatic carbocycles. The van der Waals surface area contributed by atoms with Crippen LogP contribution in [-0.2, 0) is 10.0 Å². The Morgan fingerprint density at radius 1 is 1.33 bits per heavy atom. The lowest BCUT2D eigenvalue weighted by Crippen LogP contribution is -2.09. The molecule has 1 heterocycles. The van der Waals surface area contributed by atoms with E-state index in [0.29, 0.717) is 10.5 Å². The Balaban J connectivity index is 2.62. The molecule has 6 nitrogen and oxygen atoms in total. The molecule has 0 aliphatic heterocycles. The summed E-state index contributed by atoms with van der Waals surface area (Å²) in [6.45, 7) is 0. The van der Waals surface area contributed by atoms with Gasteiger partial charge in [0.1, 0.15) is 0 Å². The molecule has 2 rings (SSSR count). The van der Waals surface area contributed by atoms with Crippen molar-refractivity contribution in [2.75, 3.05) is 11.0 Å². The van der Waals surface area contributed by atoms with Crippen molar-refractivity contribution in [2.45, 2.75) is 0 Å². The minimum atomic E-state index is -3.36. The van der Waals surface area contributed by atoms with Gasteiger partial charge in [-0.15, -0.1) is 0 Å². The van der Waals surface area contributed by atoms with Crippen molar-refractivity contribution < 1.29 is 13.0 Å². The minimum absolute atomic E-state index is 0.285. The first-order valence-electron chi connectivity index (χ1n) is 3.86. The quantitative estimate of drug-likeness (QED) is 0.863. The maximum atomic E-state index is 11.0. The molecule has 0 saturated carbocycles. The monoisotopic (exact) mass is 247 g/mol. The molecular weight excluding hydrogens is 242 g/mol. The number of rotatable bonds is 2. The minimum Gasteiger partial charge on any atom is -0.281 e. The topological polar surface area (TPSA) is 85.1 Å². The van der Waals surface area contributed by atoms with Crippen molar-refractivity contribution in [1.82, 2.24) is 10.3 Å². The van der Waals surface area contributed by atoms with Gasteiger partial charge in [0.25, 0.3) is 0 Å². The largest absolute Gasteiger partial charge is 0.281 e. The Hall–Kier alpha value is -1.34. The highest BCUT2D eigenvalue weighted by Gasteiger charge is 2.12. The Morgan fingerprint density at radius 3 is 2.67 bits per heavy atom. The predicted octanol–water partition coefficient (Wildman–Crippen LogP) is 1.25. The van der Waals surface area contributed by atoms with Gasteiger partial charge in [0.15, 0.2) is 11.0 Å². The first kappa shape index (κ1) is 10.2. The number of sulfonamides is 1. The van der Waals surface area contributed by atoms with E-state index in [-0.39, 0.29) is 11.2 Å². The zero-order valence-corrected chi connectivity index (χ0v) is 9.13. The van der Waals surface area contributed by atoms with E-state index in [4.69, 9.17) is 11.6 Å². The maximum absolute atomic E-state index is 11.0. The molecule has 0 fully saturated rings. The van der Waals surface area contributed by atoms with Crippen molar-refractivity contribution in [1.29, 1.82) is 0 Å². The van der Waals surface area contributed by atoms with E-state index in [1.807, 2.05) is 0 Å². The summed E-state index contributed by atoms with van der Waals surface area (Å²) >= 11 is 5.80. The van der Waals surface area contributed by atoms with Gasteiger partial charge in [0.2, 0.25) is 10.0 Å². The van der Waals surface area contributed by atoms with Crippen molar-refractivity contribution in [3.8, 4) is 0 Å². The fourth-order valence-corrected chi connectivity index (χ4v) is 1.87. The van der Waals surface area contributed by atoms with Crippen molar-refractivity contribution in [3.05, 3.63) is 17.2 Å². The van der Waals surface area contributed by atoms with Crippen LogP contribution < -0.4 is 4.72 Å². The Bertz CT molecular complexity index is 607. The summed E-state index contributed by atoms with van der Waals surface area (Å²) < 4.78 is 28.8. The lowest BCUT2D eigenvalue weighted by molar-refractivity contribution is 0.315. The molecule has 0 unspecified atom stereocenters. The smallest absolute Gasteiger partial charge is 0.229 e. The van der Waals surface area contributed by atoms with Gasteiger partial charge in [-0.05, 0) is 22.4 Å². The van der Waals surface area contributed by atoms with Crippen LogP contribution in [0.25, 0.3) is 11.0 Å². The van der Waals surface area contributed by atoms with Gasteiger partial charge in [-0.1, -0.05) is 11.6 Å². The van der Waals surface area contributed by atoms with Crippen LogP contribution in [0, 0.1) is 0 Å². The lowest BCUT2D eigenvalue weighted by atomic mass is 10.3.